The topological polar surface area (TPSA) is 91.7 Å². The minimum Gasteiger partial charge on any atom is -0.481 e. The van der Waals surface area contributed by atoms with Gasteiger partial charge in [-0.25, -0.2) is 0 Å². The number of ketones is 1. The fourth-order valence-corrected chi connectivity index (χ4v) is 3.55. The average Bonchev–Trinajstić information content (AvgIpc) is 2.37. The first-order valence-electron chi connectivity index (χ1n) is 6.09. The van der Waals surface area contributed by atoms with Gasteiger partial charge < -0.3 is 10.2 Å². The summed E-state index contributed by atoms with van der Waals surface area (Å²) in [5, 5.41) is 18.6. The fourth-order valence-electron chi connectivity index (χ4n) is 3.55. The van der Waals surface area contributed by atoms with Gasteiger partial charge in [0.25, 0.3) is 0 Å². The summed E-state index contributed by atoms with van der Waals surface area (Å²) >= 11 is 0. The van der Waals surface area contributed by atoms with Crippen molar-refractivity contribution >= 4 is 17.7 Å². The molecule has 3 aliphatic carbocycles. The highest BCUT2D eigenvalue weighted by atomic mass is 16.4. The lowest BCUT2D eigenvalue weighted by molar-refractivity contribution is -0.160. The zero-order valence-electron chi connectivity index (χ0n) is 9.95. The predicted octanol–water partition coefficient (Wildman–Crippen LogP) is 1.24. The van der Waals surface area contributed by atoms with Gasteiger partial charge in [-0.2, -0.15) is 0 Å². The first kappa shape index (κ1) is 11.9. The van der Waals surface area contributed by atoms with Crippen molar-refractivity contribution in [1.82, 2.24) is 0 Å². The molecule has 4 rings (SSSR count). The summed E-state index contributed by atoms with van der Waals surface area (Å²) in [5.74, 6) is -6.01. The number of carbonyl (C=O) groups excluding carboxylic acids is 1. The predicted molar refractivity (Wildman–Crippen MR) is 63.8 cm³/mol. The van der Waals surface area contributed by atoms with Crippen LogP contribution in [0.3, 0.4) is 0 Å². The van der Waals surface area contributed by atoms with Crippen molar-refractivity contribution in [2.45, 2.75) is 18.3 Å². The summed E-state index contributed by atoms with van der Waals surface area (Å²) in [6.07, 6.45) is 0.127. The molecule has 0 aliphatic heterocycles. The first-order chi connectivity index (χ1) is 9.02. The van der Waals surface area contributed by atoms with Crippen LogP contribution >= 0.6 is 0 Å². The molecule has 0 aromatic heterocycles. The van der Waals surface area contributed by atoms with E-state index in [2.05, 4.69) is 0 Å². The Kier molecular flexibility index (Phi) is 2.45. The zero-order chi connectivity index (χ0) is 13.7. The first-order valence-corrected chi connectivity index (χ1v) is 6.09. The number of hydrogen-bond donors (Lipinski definition) is 2. The molecule has 2 N–H and O–H groups in total. The summed E-state index contributed by atoms with van der Waals surface area (Å²) in [7, 11) is 0. The second kappa shape index (κ2) is 3.91. The van der Waals surface area contributed by atoms with Crippen molar-refractivity contribution in [3.8, 4) is 0 Å². The number of carboxylic acids is 2. The lowest BCUT2D eigenvalue weighted by Gasteiger charge is -2.44. The Hall–Kier alpha value is -2.17. The molecule has 2 bridgehead atoms. The van der Waals surface area contributed by atoms with Crippen molar-refractivity contribution in [1.29, 1.82) is 0 Å². The molecule has 98 valence electrons. The van der Waals surface area contributed by atoms with Crippen LogP contribution in [-0.2, 0) is 14.4 Å². The molecule has 0 saturated heterocycles. The minimum absolute atomic E-state index is 0.127. The number of carboxylic acid groups (broad SMARTS) is 2. The molecule has 1 saturated carbocycles. The largest absolute Gasteiger partial charge is 0.481 e. The Morgan fingerprint density at radius 3 is 2.16 bits per heavy atom. The van der Waals surface area contributed by atoms with Crippen molar-refractivity contribution in [3.63, 3.8) is 0 Å². The summed E-state index contributed by atoms with van der Waals surface area (Å²) in [5.41, 5.74) is 1.51. The molecule has 0 amide bonds. The second-order valence-electron chi connectivity index (χ2n) is 5.11. The van der Waals surface area contributed by atoms with E-state index in [1.54, 1.807) is 24.3 Å². The lowest BCUT2D eigenvalue weighted by atomic mass is 9.56. The van der Waals surface area contributed by atoms with E-state index < -0.39 is 35.6 Å². The molecule has 1 fully saturated rings. The summed E-state index contributed by atoms with van der Waals surface area (Å²) < 4.78 is 0. The molecule has 19 heavy (non-hydrogen) atoms. The SMILES string of the molecule is O=C1CC2c3ccccc3C1C(C(=O)O)C2C(=O)O. The summed E-state index contributed by atoms with van der Waals surface area (Å²) in [6, 6.07) is 7.08. The average molecular weight is 260 g/mol. The molecule has 1 aromatic carbocycles. The number of hydrogen-bond acceptors (Lipinski definition) is 3. The molecule has 5 heteroatoms. The quantitative estimate of drug-likeness (QED) is 0.834. The Bertz CT molecular complexity index is 591. The van der Waals surface area contributed by atoms with E-state index in [1.807, 2.05) is 0 Å². The van der Waals surface area contributed by atoms with E-state index >= 15 is 0 Å². The maximum atomic E-state index is 12.0. The maximum Gasteiger partial charge on any atom is 0.308 e. The normalized spacial score (nSPS) is 31.9. The Labute approximate surface area is 108 Å². The molecule has 4 unspecified atom stereocenters. The summed E-state index contributed by atoms with van der Waals surface area (Å²) in [4.78, 5) is 34.8. The summed E-state index contributed by atoms with van der Waals surface area (Å²) in [6.45, 7) is 0. The standard InChI is InChI=1S/C14H12O5/c15-9-5-8-6-3-1-2-4-7(6)10(9)12(14(18)19)11(8)13(16)17/h1-4,8,10-12H,5H2,(H,16,17)(H,18,19). The Morgan fingerprint density at radius 2 is 1.58 bits per heavy atom. The third-order valence-corrected chi connectivity index (χ3v) is 4.25. The van der Waals surface area contributed by atoms with Gasteiger partial charge in [0.1, 0.15) is 5.78 Å². The molecular formula is C14H12O5. The highest BCUT2D eigenvalue weighted by Crippen LogP contribution is 2.54. The molecule has 0 radical (unpaired) electrons. The third-order valence-electron chi connectivity index (χ3n) is 4.25. The van der Waals surface area contributed by atoms with E-state index in [-0.39, 0.29) is 12.2 Å². The highest BCUT2D eigenvalue weighted by molar-refractivity contribution is 5.98. The van der Waals surface area contributed by atoms with Crippen LogP contribution in [0.5, 0.6) is 0 Å². The minimum atomic E-state index is -1.20. The number of carbonyl (C=O) groups is 3. The number of Topliss-reactive ketones (excluding diaryl/α,β-unsaturated/α-hetero) is 1. The molecule has 3 aliphatic rings. The zero-order valence-corrected chi connectivity index (χ0v) is 9.95. The third kappa shape index (κ3) is 1.51. The van der Waals surface area contributed by atoms with Gasteiger partial charge in [0.15, 0.2) is 0 Å². The van der Waals surface area contributed by atoms with Gasteiger partial charge in [-0.3, -0.25) is 14.4 Å². The molecule has 4 atom stereocenters. The highest BCUT2D eigenvalue weighted by Gasteiger charge is 2.56. The van der Waals surface area contributed by atoms with Crippen LogP contribution in [0.25, 0.3) is 0 Å². The van der Waals surface area contributed by atoms with Gasteiger partial charge in [0, 0.05) is 12.3 Å². The number of rotatable bonds is 2. The van der Waals surface area contributed by atoms with Crippen LogP contribution in [-0.4, -0.2) is 27.9 Å². The van der Waals surface area contributed by atoms with E-state index in [1.165, 1.54) is 0 Å². The van der Waals surface area contributed by atoms with E-state index in [0.717, 1.165) is 5.56 Å². The van der Waals surface area contributed by atoms with Gasteiger partial charge >= 0.3 is 11.9 Å². The van der Waals surface area contributed by atoms with E-state index in [4.69, 9.17) is 0 Å². The number of aliphatic carboxylic acids is 2. The monoisotopic (exact) mass is 260 g/mol. The fraction of sp³-hybridized carbons (Fsp3) is 0.357. The van der Waals surface area contributed by atoms with Gasteiger partial charge in [-0.05, 0) is 11.1 Å². The Balaban J connectivity index is 2.22. The lowest BCUT2D eigenvalue weighted by Crippen LogP contribution is -2.49. The van der Waals surface area contributed by atoms with Crippen LogP contribution in [0.1, 0.15) is 29.4 Å². The Morgan fingerprint density at radius 1 is 1.00 bits per heavy atom. The van der Waals surface area contributed by atoms with Crippen molar-refractivity contribution in [2.75, 3.05) is 0 Å². The molecule has 1 aromatic rings. The van der Waals surface area contributed by atoms with E-state index in [0.29, 0.717) is 5.56 Å². The van der Waals surface area contributed by atoms with Crippen LogP contribution < -0.4 is 0 Å². The smallest absolute Gasteiger partial charge is 0.308 e. The van der Waals surface area contributed by atoms with Gasteiger partial charge in [-0.1, -0.05) is 24.3 Å². The van der Waals surface area contributed by atoms with Crippen LogP contribution in [0, 0.1) is 11.8 Å². The van der Waals surface area contributed by atoms with E-state index in [9.17, 15) is 24.6 Å². The van der Waals surface area contributed by atoms with Crippen LogP contribution in [0.15, 0.2) is 24.3 Å². The van der Waals surface area contributed by atoms with Crippen molar-refractivity contribution < 1.29 is 24.6 Å². The maximum absolute atomic E-state index is 12.0. The molecular weight excluding hydrogens is 248 g/mol. The second-order valence-corrected chi connectivity index (χ2v) is 5.11. The van der Waals surface area contributed by atoms with Gasteiger partial charge in [0.05, 0.1) is 17.8 Å². The number of fused-ring (bicyclic) bond motifs is 2. The van der Waals surface area contributed by atoms with Crippen molar-refractivity contribution in [2.24, 2.45) is 11.8 Å². The van der Waals surface area contributed by atoms with Gasteiger partial charge in [-0.15, -0.1) is 0 Å². The van der Waals surface area contributed by atoms with Crippen LogP contribution in [0.4, 0.5) is 0 Å². The van der Waals surface area contributed by atoms with Crippen molar-refractivity contribution in [3.05, 3.63) is 35.4 Å². The molecule has 0 heterocycles. The van der Waals surface area contributed by atoms with Crippen LogP contribution in [0.2, 0.25) is 0 Å². The number of benzene rings is 1. The van der Waals surface area contributed by atoms with Gasteiger partial charge in [0.2, 0.25) is 0 Å². The molecule has 0 spiro atoms. The molecule has 5 nitrogen and oxygen atoms in total.